The van der Waals surface area contributed by atoms with Crippen molar-refractivity contribution >= 4 is 11.8 Å². The van der Waals surface area contributed by atoms with Gasteiger partial charge in [0.05, 0.1) is 0 Å². The van der Waals surface area contributed by atoms with Gasteiger partial charge in [-0.1, -0.05) is 13.0 Å². The summed E-state index contributed by atoms with van der Waals surface area (Å²) in [6.45, 7) is 3.89. The molecule has 0 atom stereocenters. The zero-order valence-electron chi connectivity index (χ0n) is 12.1. The van der Waals surface area contributed by atoms with Crippen LogP contribution in [0, 0.1) is 0 Å². The van der Waals surface area contributed by atoms with Crippen molar-refractivity contribution in [2.45, 2.75) is 19.8 Å². The summed E-state index contributed by atoms with van der Waals surface area (Å²) in [5.74, 6) is 1.61. The fourth-order valence-corrected chi connectivity index (χ4v) is 1.83. The van der Waals surface area contributed by atoms with Gasteiger partial charge in [-0.15, -0.1) is 0 Å². The molecular formula is C15H21N5. The molecule has 0 aliphatic rings. The van der Waals surface area contributed by atoms with E-state index in [1.807, 2.05) is 37.5 Å². The second-order valence-electron chi connectivity index (χ2n) is 4.66. The molecule has 5 nitrogen and oxygen atoms in total. The molecule has 5 heteroatoms. The van der Waals surface area contributed by atoms with Crippen molar-refractivity contribution in [3.05, 3.63) is 42.4 Å². The number of hydrogen-bond donors (Lipinski definition) is 1. The third kappa shape index (κ3) is 4.19. The van der Waals surface area contributed by atoms with Gasteiger partial charge in [0.25, 0.3) is 0 Å². The van der Waals surface area contributed by atoms with E-state index in [1.54, 1.807) is 6.20 Å². The first-order valence-electron chi connectivity index (χ1n) is 6.97. The summed E-state index contributed by atoms with van der Waals surface area (Å²) < 4.78 is 0. The molecule has 1 N–H and O–H groups in total. The molecule has 106 valence electrons. The van der Waals surface area contributed by atoms with Gasteiger partial charge in [0.1, 0.15) is 5.82 Å². The highest BCUT2D eigenvalue weighted by atomic mass is 15.2. The van der Waals surface area contributed by atoms with E-state index >= 15 is 0 Å². The fourth-order valence-electron chi connectivity index (χ4n) is 1.83. The summed E-state index contributed by atoms with van der Waals surface area (Å²) in [5.41, 5.74) is 1.10. The smallest absolute Gasteiger partial charge is 0.224 e. The fraction of sp³-hybridized carbons (Fsp3) is 0.400. The highest BCUT2D eigenvalue weighted by Gasteiger charge is 2.05. The van der Waals surface area contributed by atoms with Gasteiger partial charge >= 0.3 is 0 Å². The van der Waals surface area contributed by atoms with Crippen molar-refractivity contribution in [2.24, 2.45) is 0 Å². The Hall–Kier alpha value is -2.17. The van der Waals surface area contributed by atoms with Crippen LogP contribution in [0.15, 0.2) is 36.7 Å². The Morgan fingerprint density at radius 1 is 1.15 bits per heavy atom. The number of anilines is 2. The van der Waals surface area contributed by atoms with Crippen LogP contribution in [-0.2, 0) is 6.42 Å². The second-order valence-corrected chi connectivity index (χ2v) is 4.66. The number of likely N-dealkylation sites (N-methyl/N-ethyl adjacent to an activating group) is 1. The number of nitrogens with one attached hydrogen (secondary N) is 1. The summed E-state index contributed by atoms with van der Waals surface area (Å²) in [7, 11) is 2.04. The number of rotatable bonds is 7. The minimum atomic E-state index is 0.689. The normalized spacial score (nSPS) is 10.3. The van der Waals surface area contributed by atoms with Crippen LogP contribution in [0.25, 0.3) is 0 Å². The summed E-state index contributed by atoms with van der Waals surface area (Å²) in [5, 5.41) is 3.20. The summed E-state index contributed by atoms with van der Waals surface area (Å²) in [6, 6.07) is 7.92. The average Bonchev–Trinajstić information content (AvgIpc) is 2.52. The molecule has 0 radical (unpaired) electrons. The van der Waals surface area contributed by atoms with E-state index in [4.69, 9.17) is 0 Å². The second kappa shape index (κ2) is 7.43. The van der Waals surface area contributed by atoms with E-state index in [-0.39, 0.29) is 0 Å². The van der Waals surface area contributed by atoms with Gasteiger partial charge < -0.3 is 10.2 Å². The Kier molecular flexibility index (Phi) is 5.29. The number of hydrogen-bond acceptors (Lipinski definition) is 5. The maximum absolute atomic E-state index is 4.51. The first kappa shape index (κ1) is 14.2. The lowest BCUT2D eigenvalue weighted by Gasteiger charge is -2.18. The van der Waals surface area contributed by atoms with E-state index in [0.29, 0.717) is 5.95 Å². The standard InChI is InChI=1S/C15H21N5/c1-3-9-17-15-18-11-7-14(19-15)20(2)12-8-13-6-4-5-10-16-13/h4-7,10-11H,3,8-9,12H2,1-2H3,(H,17,18,19). The zero-order chi connectivity index (χ0) is 14.2. The molecule has 0 amide bonds. The predicted molar refractivity (Wildman–Crippen MR) is 82.0 cm³/mol. The topological polar surface area (TPSA) is 53.9 Å². The van der Waals surface area contributed by atoms with Crippen LogP contribution in [0.4, 0.5) is 11.8 Å². The lowest BCUT2D eigenvalue weighted by Crippen LogP contribution is -2.22. The summed E-state index contributed by atoms with van der Waals surface area (Å²) in [6.07, 6.45) is 5.58. The predicted octanol–water partition coefficient (Wildman–Crippen LogP) is 2.37. The molecule has 0 bridgehead atoms. The Labute approximate surface area is 120 Å². The SMILES string of the molecule is CCCNc1nccc(N(C)CCc2ccccn2)n1. The van der Waals surface area contributed by atoms with Crippen LogP contribution in [0.1, 0.15) is 19.0 Å². The van der Waals surface area contributed by atoms with E-state index in [2.05, 4.69) is 32.1 Å². The molecule has 0 aliphatic heterocycles. The van der Waals surface area contributed by atoms with Crippen LogP contribution in [0.2, 0.25) is 0 Å². The summed E-state index contributed by atoms with van der Waals surface area (Å²) >= 11 is 0. The molecule has 20 heavy (non-hydrogen) atoms. The van der Waals surface area contributed by atoms with E-state index in [0.717, 1.165) is 37.4 Å². The lowest BCUT2D eigenvalue weighted by molar-refractivity contribution is 0.834. The molecule has 2 aromatic heterocycles. The number of aromatic nitrogens is 3. The Bertz CT molecular complexity index is 515. The number of nitrogens with zero attached hydrogens (tertiary/aromatic N) is 4. The first-order valence-corrected chi connectivity index (χ1v) is 6.97. The van der Waals surface area contributed by atoms with Gasteiger partial charge in [-0.2, -0.15) is 4.98 Å². The van der Waals surface area contributed by atoms with E-state index < -0.39 is 0 Å². The van der Waals surface area contributed by atoms with Crippen molar-refractivity contribution < 1.29 is 0 Å². The quantitative estimate of drug-likeness (QED) is 0.838. The van der Waals surface area contributed by atoms with Crippen LogP contribution >= 0.6 is 0 Å². The molecule has 0 saturated heterocycles. The van der Waals surface area contributed by atoms with Crippen LogP contribution in [0.3, 0.4) is 0 Å². The van der Waals surface area contributed by atoms with Crippen LogP contribution in [0.5, 0.6) is 0 Å². The monoisotopic (exact) mass is 271 g/mol. The van der Waals surface area contributed by atoms with Gasteiger partial charge in [-0.25, -0.2) is 4.98 Å². The maximum Gasteiger partial charge on any atom is 0.224 e. The molecule has 0 unspecified atom stereocenters. The van der Waals surface area contributed by atoms with Gasteiger partial charge in [-0.3, -0.25) is 4.98 Å². The minimum Gasteiger partial charge on any atom is -0.359 e. The van der Waals surface area contributed by atoms with E-state index in [1.165, 1.54) is 0 Å². The molecule has 0 aliphatic carbocycles. The Morgan fingerprint density at radius 3 is 2.80 bits per heavy atom. The number of pyridine rings is 1. The van der Waals surface area contributed by atoms with Gasteiger partial charge in [0.15, 0.2) is 0 Å². The highest BCUT2D eigenvalue weighted by molar-refractivity contribution is 5.41. The first-order chi connectivity index (χ1) is 9.79. The molecule has 2 aromatic rings. The molecule has 0 aromatic carbocycles. The molecule has 0 saturated carbocycles. The average molecular weight is 271 g/mol. The molecule has 2 rings (SSSR count). The molecular weight excluding hydrogens is 250 g/mol. The van der Waals surface area contributed by atoms with Gasteiger partial charge in [0.2, 0.25) is 5.95 Å². The minimum absolute atomic E-state index is 0.689. The molecule has 2 heterocycles. The van der Waals surface area contributed by atoms with Crippen molar-refractivity contribution in [2.75, 3.05) is 30.4 Å². The van der Waals surface area contributed by atoms with Gasteiger partial charge in [0, 0.05) is 44.6 Å². The highest BCUT2D eigenvalue weighted by Crippen LogP contribution is 2.11. The van der Waals surface area contributed by atoms with Crippen molar-refractivity contribution in [3.63, 3.8) is 0 Å². The zero-order valence-corrected chi connectivity index (χ0v) is 12.1. The largest absolute Gasteiger partial charge is 0.359 e. The third-order valence-electron chi connectivity index (χ3n) is 2.99. The molecule has 0 spiro atoms. The van der Waals surface area contributed by atoms with Crippen molar-refractivity contribution in [3.8, 4) is 0 Å². The van der Waals surface area contributed by atoms with Crippen molar-refractivity contribution in [1.82, 2.24) is 15.0 Å². The molecule has 0 fully saturated rings. The maximum atomic E-state index is 4.51. The summed E-state index contributed by atoms with van der Waals surface area (Å²) in [4.78, 5) is 15.2. The van der Waals surface area contributed by atoms with Crippen LogP contribution < -0.4 is 10.2 Å². The van der Waals surface area contributed by atoms with Crippen molar-refractivity contribution in [1.29, 1.82) is 0 Å². The Balaban J connectivity index is 1.93. The van der Waals surface area contributed by atoms with E-state index in [9.17, 15) is 0 Å². The van der Waals surface area contributed by atoms with Crippen LogP contribution in [-0.4, -0.2) is 35.1 Å². The van der Waals surface area contributed by atoms with Gasteiger partial charge in [-0.05, 0) is 24.6 Å². The Morgan fingerprint density at radius 2 is 2.05 bits per heavy atom. The lowest BCUT2D eigenvalue weighted by atomic mass is 10.2. The third-order valence-corrected chi connectivity index (χ3v) is 2.99.